The third-order valence-corrected chi connectivity index (χ3v) is 5.66. The van der Waals surface area contributed by atoms with Gasteiger partial charge in [0.15, 0.2) is 0 Å². The summed E-state index contributed by atoms with van der Waals surface area (Å²) in [6.45, 7) is 2.63. The second-order valence-electron chi connectivity index (χ2n) is 7.63. The van der Waals surface area contributed by atoms with E-state index in [1.807, 2.05) is 24.3 Å². The Labute approximate surface area is 178 Å². The number of azo groups is 1. The summed E-state index contributed by atoms with van der Waals surface area (Å²) in [5.74, 6) is 2.47. The van der Waals surface area contributed by atoms with Gasteiger partial charge in [-0.1, -0.05) is 0 Å². The standard InChI is InChI=1S/C20H21N11/c21-8-5-13-6-9-31(10-7-13)20-25-17-12-23-22-11-16(17)19(26-20)24-15-3-1-14(2-4-15)18-27-29-30-28-18/h1-4,13H,5-7,9-12H2,(H,24,25,26)(H,27,28,29,30). The largest absolute Gasteiger partial charge is 0.341 e. The molecule has 1 saturated heterocycles. The van der Waals surface area contributed by atoms with Crippen molar-refractivity contribution in [3.8, 4) is 17.5 Å². The lowest BCUT2D eigenvalue weighted by molar-refractivity contribution is 0.409. The summed E-state index contributed by atoms with van der Waals surface area (Å²) in [7, 11) is 0. The Balaban J connectivity index is 1.39. The number of nitriles is 1. The van der Waals surface area contributed by atoms with Gasteiger partial charge in [-0.2, -0.15) is 25.7 Å². The van der Waals surface area contributed by atoms with Crippen LogP contribution in [-0.4, -0.2) is 43.7 Å². The summed E-state index contributed by atoms with van der Waals surface area (Å²) in [5, 5.41) is 34.8. The molecule has 0 spiro atoms. The number of hydrogen-bond donors (Lipinski definition) is 2. The molecule has 1 aromatic carbocycles. The molecule has 11 heteroatoms. The molecule has 0 amide bonds. The Morgan fingerprint density at radius 3 is 2.65 bits per heavy atom. The van der Waals surface area contributed by atoms with Gasteiger partial charge >= 0.3 is 0 Å². The Morgan fingerprint density at radius 2 is 1.90 bits per heavy atom. The SMILES string of the molecule is N#CCC1CCN(c2nc3c(c(Nc4ccc(-c5nn[nH]n5)cc4)n2)CN=NC3)CC1. The van der Waals surface area contributed by atoms with Crippen LogP contribution in [0.2, 0.25) is 0 Å². The van der Waals surface area contributed by atoms with Gasteiger partial charge < -0.3 is 10.2 Å². The summed E-state index contributed by atoms with van der Waals surface area (Å²) >= 11 is 0. The molecule has 0 atom stereocenters. The number of nitrogens with one attached hydrogen (secondary N) is 2. The van der Waals surface area contributed by atoms with Gasteiger partial charge in [-0.3, -0.25) is 0 Å². The first-order valence-electron chi connectivity index (χ1n) is 10.3. The van der Waals surface area contributed by atoms with E-state index >= 15 is 0 Å². The van der Waals surface area contributed by atoms with E-state index in [0.717, 1.165) is 54.3 Å². The lowest BCUT2D eigenvalue weighted by Crippen LogP contribution is -2.35. The summed E-state index contributed by atoms with van der Waals surface area (Å²) in [5.41, 5.74) is 3.65. The maximum Gasteiger partial charge on any atom is 0.227 e. The summed E-state index contributed by atoms with van der Waals surface area (Å²) in [6.07, 6.45) is 2.58. The maximum absolute atomic E-state index is 8.95. The number of nitrogens with zero attached hydrogens (tertiary/aromatic N) is 9. The monoisotopic (exact) mass is 415 g/mol. The Morgan fingerprint density at radius 1 is 1.10 bits per heavy atom. The van der Waals surface area contributed by atoms with E-state index in [-0.39, 0.29) is 0 Å². The van der Waals surface area contributed by atoms with Gasteiger partial charge in [-0.25, -0.2) is 4.98 Å². The molecular formula is C20H21N11. The number of rotatable bonds is 5. The van der Waals surface area contributed by atoms with Gasteiger partial charge in [0.2, 0.25) is 11.8 Å². The van der Waals surface area contributed by atoms with Crippen LogP contribution in [0.5, 0.6) is 0 Å². The summed E-state index contributed by atoms with van der Waals surface area (Å²) in [6, 6.07) is 10.1. The quantitative estimate of drug-likeness (QED) is 0.647. The van der Waals surface area contributed by atoms with Crippen LogP contribution in [0.25, 0.3) is 11.4 Å². The van der Waals surface area contributed by atoms with Crippen molar-refractivity contribution in [3.63, 3.8) is 0 Å². The summed E-state index contributed by atoms with van der Waals surface area (Å²) in [4.78, 5) is 11.8. The smallest absolute Gasteiger partial charge is 0.227 e. The van der Waals surface area contributed by atoms with Gasteiger partial charge in [-0.15, -0.1) is 10.2 Å². The van der Waals surface area contributed by atoms with Crippen molar-refractivity contribution in [1.29, 1.82) is 5.26 Å². The minimum atomic E-state index is 0.460. The normalized spacial score (nSPS) is 16.0. The van der Waals surface area contributed by atoms with Crippen LogP contribution in [0.4, 0.5) is 17.5 Å². The summed E-state index contributed by atoms with van der Waals surface area (Å²) < 4.78 is 0. The average Bonchev–Trinajstić information content (AvgIpc) is 3.35. The van der Waals surface area contributed by atoms with Crippen LogP contribution < -0.4 is 10.2 Å². The minimum absolute atomic E-state index is 0.460. The van der Waals surface area contributed by atoms with Crippen LogP contribution in [-0.2, 0) is 13.1 Å². The first kappa shape index (κ1) is 19.0. The lowest BCUT2D eigenvalue weighted by Gasteiger charge is -2.32. The molecule has 2 aromatic heterocycles. The number of H-pyrrole nitrogens is 1. The van der Waals surface area contributed by atoms with Gasteiger partial charge in [0, 0.05) is 36.3 Å². The maximum atomic E-state index is 8.95. The van der Waals surface area contributed by atoms with E-state index in [1.165, 1.54) is 0 Å². The van der Waals surface area contributed by atoms with Crippen molar-refractivity contribution in [1.82, 2.24) is 30.6 Å². The topological polar surface area (TPSA) is 144 Å². The predicted molar refractivity (Wildman–Crippen MR) is 112 cm³/mol. The molecule has 4 heterocycles. The first-order valence-corrected chi connectivity index (χ1v) is 10.3. The molecule has 11 nitrogen and oxygen atoms in total. The number of benzene rings is 1. The third-order valence-electron chi connectivity index (χ3n) is 5.66. The number of aromatic amines is 1. The molecule has 0 unspecified atom stereocenters. The fourth-order valence-electron chi connectivity index (χ4n) is 3.89. The van der Waals surface area contributed by atoms with Gasteiger partial charge in [0.25, 0.3) is 0 Å². The van der Waals surface area contributed by atoms with Gasteiger partial charge in [0.1, 0.15) is 12.4 Å². The Bertz CT molecular complexity index is 1110. The van der Waals surface area contributed by atoms with Crippen molar-refractivity contribution in [2.45, 2.75) is 32.4 Å². The number of hydrogen-bond acceptors (Lipinski definition) is 10. The highest BCUT2D eigenvalue weighted by atomic mass is 15.5. The van der Waals surface area contributed by atoms with E-state index in [1.54, 1.807) is 0 Å². The van der Waals surface area contributed by atoms with E-state index < -0.39 is 0 Å². The number of aromatic nitrogens is 6. The molecule has 0 aliphatic carbocycles. The highest BCUT2D eigenvalue weighted by Crippen LogP contribution is 2.30. The van der Waals surface area contributed by atoms with Crippen molar-refractivity contribution in [2.75, 3.05) is 23.3 Å². The fraction of sp³-hybridized carbons (Fsp3) is 0.400. The zero-order valence-electron chi connectivity index (χ0n) is 16.9. The molecule has 0 saturated carbocycles. The van der Waals surface area contributed by atoms with E-state index in [0.29, 0.717) is 37.2 Å². The highest BCUT2D eigenvalue weighted by molar-refractivity contribution is 5.65. The van der Waals surface area contributed by atoms with E-state index in [9.17, 15) is 0 Å². The number of tetrazole rings is 1. The second-order valence-corrected chi connectivity index (χ2v) is 7.63. The van der Waals surface area contributed by atoms with Crippen molar-refractivity contribution >= 4 is 17.5 Å². The van der Waals surface area contributed by atoms with E-state index in [4.69, 9.17) is 15.2 Å². The first-order chi connectivity index (χ1) is 15.3. The van der Waals surface area contributed by atoms with Gasteiger partial charge in [-0.05, 0) is 48.2 Å². The number of piperidine rings is 1. The molecule has 2 N–H and O–H groups in total. The molecule has 0 radical (unpaired) electrons. The van der Waals surface area contributed by atoms with Crippen LogP contribution in [0.15, 0.2) is 34.5 Å². The van der Waals surface area contributed by atoms with Crippen molar-refractivity contribution in [2.24, 2.45) is 16.1 Å². The molecular weight excluding hydrogens is 394 g/mol. The zero-order valence-corrected chi connectivity index (χ0v) is 16.9. The van der Waals surface area contributed by atoms with Crippen LogP contribution in [0.1, 0.15) is 30.5 Å². The van der Waals surface area contributed by atoms with Crippen LogP contribution >= 0.6 is 0 Å². The van der Waals surface area contributed by atoms with Crippen molar-refractivity contribution < 1.29 is 0 Å². The minimum Gasteiger partial charge on any atom is -0.341 e. The molecule has 156 valence electrons. The third kappa shape index (κ3) is 4.05. The van der Waals surface area contributed by atoms with Crippen LogP contribution in [0.3, 0.4) is 0 Å². The van der Waals surface area contributed by atoms with E-state index in [2.05, 4.69) is 47.1 Å². The second kappa shape index (κ2) is 8.43. The molecule has 2 aliphatic rings. The molecule has 1 fully saturated rings. The molecule has 31 heavy (non-hydrogen) atoms. The lowest BCUT2D eigenvalue weighted by atomic mass is 9.94. The Kier molecular flexibility index (Phi) is 5.18. The predicted octanol–water partition coefficient (Wildman–Crippen LogP) is 3.00. The molecule has 0 bridgehead atoms. The molecule has 5 rings (SSSR count). The molecule has 3 aromatic rings. The number of anilines is 3. The fourth-order valence-corrected chi connectivity index (χ4v) is 3.89. The van der Waals surface area contributed by atoms with Crippen LogP contribution in [0, 0.1) is 17.2 Å². The zero-order chi connectivity index (χ0) is 21.0. The Hall–Kier alpha value is -3.94. The number of fused-ring (bicyclic) bond motifs is 1. The average molecular weight is 415 g/mol. The van der Waals surface area contributed by atoms with Crippen molar-refractivity contribution in [3.05, 3.63) is 35.5 Å². The van der Waals surface area contributed by atoms with Gasteiger partial charge in [0.05, 0.1) is 18.3 Å². The highest BCUT2D eigenvalue weighted by Gasteiger charge is 2.24. The molecule has 2 aliphatic heterocycles.